The van der Waals surface area contributed by atoms with Gasteiger partial charge in [0.1, 0.15) is 6.04 Å². The zero-order chi connectivity index (χ0) is 14.6. The molecule has 0 spiro atoms. The second-order valence-corrected chi connectivity index (χ2v) is 5.23. The molecule has 3 amide bonds. The number of nitrogens with one attached hydrogen (secondary N) is 1. The van der Waals surface area contributed by atoms with Crippen LogP contribution in [0.2, 0.25) is 0 Å². The summed E-state index contributed by atoms with van der Waals surface area (Å²) in [5, 5.41) is 11.5. The summed E-state index contributed by atoms with van der Waals surface area (Å²) >= 11 is 0. The van der Waals surface area contributed by atoms with E-state index in [2.05, 4.69) is 5.32 Å². The van der Waals surface area contributed by atoms with E-state index in [4.69, 9.17) is 10.8 Å². The molecule has 1 aliphatic heterocycles. The van der Waals surface area contributed by atoms with E-state index in [1.807, 2.05) is 6.92 Å². The van der Waals surface area contributed by atoms with Crippen LogP contribution in [0, 0.1) is 5.41 Å². The van der Waals surface area contributed by atoms with Crippen molar-refractivity contribution in [1.29, 1.82) is 0 Å². The number of rotatable bonds is 5. The van der Waals surface area contributed by atoms with E-state index < -0.39 is 29.4 Å². The lowest BCUT2D eigenvalue weighted by Gasteiger charge is -2.23. The zero-order valence-electron chi connectivity index (χ0n) is 11.3. The highest BCUT2D eigenvalue weighted by molar-refractivity contribution is 5.85. The molecule has 0 saturated carbocycles. The van der Waals surface area contributed by atoms with E-state index in [0.29, 0.717) is 25.8 Å². The molecule has 108 valence electrons. The monoisotopic (exact) mass is 271 g/mol. The average Bonchev–Trinajstić information content (AvgIpc) is 2.72. The van der Waals surface area contributed by atoms with Crippen LogP contribution in [0.25, 0.3) is 0 Å². The summed E-state index contributed by atoms with van der Waals surface area (Å²) in [7, 11) is 0. The van der Waals surface area contributed by atoms with E-state index in [9.17, 15) is 14.4 Å². The van der Waals surface area contributed by atoms with Crippen molar-refractivity contribution in [2.45, 2.75) is 39.2 Å². The first-order valence-electron chi connectivity index (χ1n) is 6.38. The number of likely N-dealkylation sites (tertiary alicyclic amines) is 1. The molecule has 7 nitrogen and oxygen atoms in total. The molecule has 1 unspecified atom stereocenters. The molecule has 7 heteroatoms. The average molecular weight is 271 g/mol. The van der Waals surface area contributed by atoms with E-state index in [1.165, 1.54) is 4.90 Å². The second-order valence-electron chi connectivity index (χ2n) is 5.23. The number of primary amides is 1. The maximum atomic E-state index is 11.9. The molecule has 0 aromatic carbocycles. The van der Waals surface area contributed by atoms with Crippen LogP contribution in [-0.4, -0.2) is 47.0 Å². The van der Waals surface area contributed by atoms with Crippen LogP contribution in [0.1, 0.15) is 33.1 Å². The Bertz CT molecular complexity index is 385. The van der Waals surface area contributed by atoms with E-state index in [-0.39, 0.29) is 6.54 Å². The summed E-state index contributed by atoms with van der Waals surface area (Å²) < 4.78 is 0. The van der Waals surface area contributed by atoms with Crippen molar-refractivity contribution in [3.63, 3.8) is 0 Å². The van der Waals surface area contributed by atoms with Crippen molar-refractivity contribution in [2.24, 2.45) is 11.1 Å². The SMILES string of the molecule is CCC[C@@H](NC(=O)N1CCC(C)(C(N)=O)C1)C(=O)O. The Morgan fingerprint density at radius 2 is 2.11 bits per heavy atom. The fourth-order valence-electron chi connectivity index (χ4n) is 2.12. The number of carboxylic acid groups (broad SMARTS) is 1. The first kappa shape index (κ1) is 15.3. The molecule has 0 bridgehead atoms. The highest BCUT2D eigenvalue weighted by Crippen LogP contribution is 2.29. The quantitative estimate of drug-likeness (QED) is 0.660. The third kappa shape index (κ3) is 3.59. The van der Waals surface area contributed by atoms with Gasteiger partial charge >= 0.3 is 12.0 Å². The van der Waals surface area contributed by atoms with Crippen LogP contribution < -0.4 is 11.1 Å². The molecule has 0 aromatic rings. The fourth-order valence-corrected chi connectivity index (χ4v) is 2.12. The van der Waals surface area contributed by atoms with Crippen LogP contribution in [0.5, 0.6) is 0 Å². The Balaban J connectivity index is 2.60. The number of carboxylic acids is 1. The molecular weight excluding hydrogens is 250 g/mol. The van der Waals surface area contributed by atoms with Crippen LogP contribution >= 0.6 is 0 Å². The van der Waals surface area contributed by atoms with Crippen molar-refractivity contribution in [2.75, 3.05) is 13.1 Å². The molecule has 0 radical (unpaired) electrons. The Morgan fingerprint density at radius 3 is 2.53 bits per heavy atom. The first-order valence-corrected chi connectivity index (χ1v) is 6.38. The van der Waals surface area contributed by atoms with Gasteiger partial charge in [-0.05, 0) is 19.8 Å². The lowest BCUT2D eigenvalue weighted by Crippen LogP contribution is -2.48. The first-order chi connectivity index (χ1) is 8.80. The molecule has 0 aliphatic carbocycles. The molecule has 19 heavy (non-hydrogen) atoms. The van der Waals surface area contributed by atoms with E-state index in [0.717, 1.165) is 0 Å². The number of nitrogens with two attached hydrogens (primary N) is 1. The third-order valence-corrected chi connectivity index (χ3v) is 3.53. The minimum Gasteiger partial charge on any atom is -0.480 e. The largest absolute Gasteiger partial charge is 0.480 e. The second kappa shape index (κ2) is 5.90. The van der Waals surface area contributed by atoms with Gasteiger partial charge in [-0.15, -0.1) is 0 Å². The maximum Gasteiger partial charge on any atom is 0.326 e. The predicted octanol–water partition coefficient (Wildman–Crippen LogP) is 0.147. The predicted molar refractivity (Wildman–Crippen MR) is 68.4 cm³/mol. The molecule has 1 rings (SSSR count). The summed E-state index contributed by atoms with van der Waals surface area (Å²) in [6.45, 7) is 4.20. The highest BCUT2D eigenvalue weighted by atomic mass is 16.4. The summed E-state index contributed by atoms with van der Waals surface area (Å²) in [4.78, 5) is 35.6. The molecule has 1 fully saturated rings. The van der Waals surface area contributed by atoms with Gasteiger partial charge in [-0.2, -0.15) is 0 Å². The standard InChI is InChI=1S/C12H21N3O4/c1-3-4-8(9(16)17)14-11(19)15-6-5-12(2,7-15)10(13)18/h8H,3-7H2,1-2H3,(H2,13,18)(H,14,19)(H,16,17)/t8-,12?/m1/s1. The highest BCUT2D eigenvalue weighted by Gasteiger charge is 2.41. The number of urea groups is 1. The number of aliphatic carboxylic acids is 1. The molecule has 0 aromatic heterocycles. The van der Waals surface area contributed by atoms with Crippen molar-refractivity contribution in [1.82, 2.24) is 10.2 Å². The number of hydrogen-bond donors (Lipinski definition) is 3. The van der Waals surface area contributed by atoms with Crippen molar-refractivity contribution in [3.05, 3.63) is 0 Å². The van der Waals surface area contributed by atoms with Gasteiger partial charge in [-0.3, -0.25) is 4.79 Å². The lowest BCUT2D eigenvalue weighted by atomic mass is 9.89. The molecule has 1 heterocycles. The third-order valence-electron chi connectivity index (χ3n) is 3.53. The maximum absolute atomic E-state index is 11.9. The van der Waals surface area contributed by atoms with Gasteiger partial charge in [-0.25, -0.2) is 9.59 Å². The normalized spacial score (nSPS) is 24.0. The van der Waals surface area contributed by atoms with Crippen molar-refractivity contribution in [3.8, 4) is 0 Å². The molecular formula is C12H21N3O4. The number of nitrogens with zero attached hydrogens (tertiary/aromatic N) is 1. The zero-order valence-corrected chi connectivity index (χ0v) is 11.3. The fraction of sp³-hybridized carbons (Fsp3) is 0.750. The van der Waals surface area contributed by atoms with Gasteiger partial charge in [0.25, 0.3) is 0 Å². The van der Waals surface area contributed by atoms with Gasteiger partial charge in [0, 0.05) is 13.1 Å². The van der Waals surface area contributed by atoms with Crippen molar-refractivity contribution >= 4 is 17.9 Å². The van der Waals surface area contributed by atoms with Gasteiger partial charge < -0.3 is 21.1 Å². The van der Waals surface area contributed by atoms with Gasteiger partial charge in [0.2, 0.25) is 5.91 Å². The number of carbonyl (C=O) groups is 3. The topological polar surface area (TPSA) is 113 Å². The van der Waals surface area contributed by atoms with E-state index in [1.54, 1.807) is 6.92 Å². The van der Waals surface area contributed by atoms with E-state index >= 15 is 0 Å². The minimum atomic E-state index is -1.05. The van der Waals surface area contributed by atoms with Gasteiger partial charge in [0.05, 0.1) is 5.41 Å². The van der Waals surface area contributed by atoms with Gasteiger partial charge in [0.15, 0.2) is 0 Å². The Hall–Kier alpha value is -1.79. The Kier molecular flexibility index (Phi) is 4.74. The minimum absolute atomic E-state index is 0.229. The number of hydrogen-bond acceptors (Lipinski definition) is 3. The van der Waals surface area contributed by atoms with Crippen LogP contribution in [-0.2, 0) is 9.59 Å². The van der Waals surface area contributed by atoms with Gasteiger partial charge in [-0.1, -0.05) is 13.3 Å². The Labute approximate surface area is 112 Å². The van der Waals surface area contributed by atoms with Crippen LogP contribution in [0.4, 0.5) is 4.79 Å². The lowest BCUT2D eigenvalue weighted by molar-refractivity contribution is -0.139. The summed E-state index contributed by atoms with van der Waals surface area (Å²) in [6, 6.07) is -1.34. The van der Waals surface area contributed by atoms with Crippen molar-refractivity contribution < 1.29 is 19.5 Å². The summed E-state index contributed by atoms with van der Waals surface area (Å²) in [6.07, 6.45) is 1.54. The molecule has 1 aliphatic rings. The summed E-state index contributed by atoms with van der Waals surface area (Å²) in [5.41, 5.74) is 4.58. The number of amides is 3. The number of carbonyl (C=O) groups excluding carboxylic acids is 2. The van der Waals surface area contributed by atoms with Crippen LogP contribution in [0.15, 0.2) is 0 Å². The smallest absolute Gasteiger partial charge is 0.326 e. The molecule has 4 N–H and O–H groups in total. The Morgan fingerprint density at radius 1 is 1.47 bits per heavy atom. The summed E-state index contributed by atoms with van der Waals surface area (Å²) in [5.74, 6) is -1.49. The molecule has 1 saturated heterocycles. The van der Waals surface area contributed by atoms with Crippen LogP contribution in [0.3, 0.4) is 0 Å². The molecule has 2 atom stereocenters.